The Kier molecular flexibility index (Phi) is 6.27. The summed E-state index contributed by atoms with van der Waals surface area (Å²) in [5.74, 6) is -1.19. The van der Waals surface area contributed by atoms with Gasteiger partial charge in [-0.05, 0) is 13.0 Å². The summed E-state index contributed by atoms with van der Waals surface area (Å²) in [6, 6.07) is 4.66. The Morgan fingerprint density at radius 3 is 2.60 bits per heavy atom. The normalized spacial score (nSPS) is 13.3. The molecule has 0 fully saturated rings. The van der Waals surface area contributed by atoms with Gasteiger partial charge in [0.05, 0.1) is 6.10 Å². The van der Waals surface area contributed by atoms with E-state index in [1.807, 2.05) is 0 Å². The van der Waals surface area contributed by atoms with E-state index in [9.17, 15) is 14.7 Å². The van der Waals surface area contributed by atoms with Crippen LogP contribution in [0.5, 0.6) is 0 Å². The van der Waals surface area contributed by atoms with E-state index in [4.69, 9.17) is 16.3 Å². The summed E-state index contributed by atoms with van der Waals surface area (Å²) in [5.41, 5.74) is 0.330. The Bertz CT molecular complexity index is 481. The second kappa shape index (κ2) is 7.72. The molecule has 1 rings (SSSR count). The number of carboxylic acid groups (broad SMARTS) is 1. The molecule has 0 heterocycles. The highest BCUT2D eigenvalue weighted by molar-refractivity contribution is 6.31. The van der Waals surface area contributed by atoms with Crippen molar-refractivity contribution in [2.24, 2.45) is 0 Å². The van der Waals surface area contributed by atoms with Crippen molar-refractivity contribution < 1.29 is 19.4 Å². The second-order valence-electron chi connectivity index (χ2n) is 4.19. The minimum atomic E-state index is -1.21. The van der Waals surface area contributed by atoms with Crippen LogP contribution in [-0.4, -0.2) is 36.9 Å². The molecule has 0 aromatic heterocycles. The van der Waals surface area contributed by atoms with Gasteiger partial charge < -0.3 is 20.5 Å². The van der Waals surface area contributed by atoms with E-state index < -0.39 is 18.0 Å². The number of carbonyl (C=O) groups is 2. The number of halogens is 1. The molecule has 0 bridgehead atoms. The maximum atomic E-state index is 11.7. The maximum absolute atomic E-state index is 11.7. The van der Waals surface area contributed by atoms with E-state index in [1.165, 1.54) is 7.11 Å². The van der Waals surface area contributed by atoms with E-state index in [1.54, 1.807) is 31.2 Å². The van der Waals surface area contributed by atoms with Crippen molar-refractivity contribution in [3.63, 3.8) is 0 Å². The molecule has 0 aliphatic heterocycles. The number of benzene rings is 1. The number of urea groups is 1. The molecule has 1 unspecified atom stereocenters. The van der Waals surface area contributed by atoms with Gasteiger partial charge in [-0.1, -0.05) is 29.8 Å². The maximum Gasteiger partial charge on any atom is 0.331 e. The molecule has 20 heavy (non-hydrogen) atoms. The standard InChI is InChI=1S/C13H17ClN2O4/c1-8(20-2)7-15-13(19)16-11(12(17)18)9-5-3-4-6-10(9)14/h3-6,8,11H,7H2,1-2H3,(H,17,18)(H2,15,16,19)/t8?,11-/m1/s1. The number of hydrogen-bond donors (Lipinski definition) is 3. The van der Waals surface area contributed by atoms with Crippen LogP contribution in [0.4, 0.5) is 4.79 Å². The van der Waals surface area contributed by atoms with Crippen LogP contribution >= 0.6 is 11.6 Å². The zero-order chi connectivity index (χ0) is 15.1. The summed E-state index contributed by atoms with van der Waals surface area (Å²) in [7, 11) is 1.52. The Balaban J connectivity index is 2.72. The Morgan fingerprint density at radius 1 is 1.40 bits per heavy atom. The first-order valence-electron chi connectivity index (χ1n) is 6.00. The zero-order valence-corrected chi connectivity index (χ0v) is 12.0. The fourth-order valence-corrected chi connectivity index (χ4v) is 1.73. The smallest absolute Gasteiger partial charge is 0.331 e. The van der Waals surface area contributed by atoms with E-state index in [-0.39, 0.29) is 17.7 Å². The van der Waals surface area contributed by atoms with Gasteiger partial charge in [0.2, 0.25) is 0 Å². The van der Waals surface area contributed by atoms with E-state index >= 15 is 0 Å². The van der Waals surface area contributed by atoms with Gasteiger partial charge in [-0.25, -0.2) is 9.59 Å². The van der Waals surface area contributed by atoms with E-state index in [0.29, 0.717) is 5.56 Å². The first-order valence-corrected chi connectivity index (χ1v) is 6.38. The summed E-state index contributed by atoms with van der Waals surface area (Å²) in [6.45, 7) is 2.06. The number of aliphatic carboxylic acids is 1. The van der Waals surface area contributed by atoms with E-state index in [0.717, 1.165) is 0 Å². The number of rotatable bonds is 6. The minimum Gasteiger partial charge on any atom is -0.479 e. The van der Waals surface area contributed by atoms with Crippen molar-refractivity contribution in [3.05, 3.63) is 34.9 Å². The topological polar surface area (TPSA) is 87.7 Å². The monoisotopic (exact) mass is 300 g/mol. The number of carboxylic acids is 1. The molecule has 1 aromatic carbocycles. The molecule has 0 aliphatic carbocycles. The fourth-order valence-electron chi connectivity index (χ4n) is 1.48. The van der Waals surface area contributed by atoms with Crippen LogP contribution < -0.4 is 10.6 Å². The average Bonchev–Trinajstić information content (AvgIpc) is 2.42. The summed E-state index contributed by atoms with van der Waals surface area (Å²) < 4.78 is 4.98. The van der Waals surface area contributed by atoms with Crippen LogP contribution in [0.15, 0.2) is 24.3 Å². The molecule has 6 nitrogen and oxygen atoms in total. The van der Waals surface area contributed by atoms with Crippen molar-refractivity contribution in [2.75, 3.05) is 13.7 Å². The quantitative estimate of drug-likeness (QED) is 0.747. The zero-order valence-electron chi connectivity index (χ0n) is 11.2. The molecule has 1 aromatic rings. The number of ether oxygens (including phenoxy) is 1. The number of methoxy groups -OCH3 is 1. The van der Waals surface area contributed by atoms with Crippen LogP contribution in [0.3, 0.4) is 0 Å². The van der Waals surface area contributed by atoms with Crippen LogP contribution in [-0.2, 0) is 9.53 Å². The number of hydrogen-bond acceptors (Lipinski definition) is 3. The first-order chi connectivity index (χ1) is 9.45. The molecule has 0 aliphatic rings. The van der Waals surface area contributed by atoms with Gasteiger partial charge >= 0.3 is 12.0 Å². The highest BCUT2D eigenvalue weighted by atomic mass is 35.5. The highest BCUT2D eigenvalue weighted by Gasteiger charge is 2.24. The largest absolute Gasteiger partial charge is 0.479 e. The molecular weight excluding hydrogens is 284 g/mol. The average molecular weight is 301 g/mol. The lowest BCUT2D eigenvalue weighted by molar-refractivity contribution is -0.139. The van der Waals surface area contributed by atoms with Crippen LogP contribution in [0, 0.1) is 0 Å². The number of nitrogens with one attached hydrogen (secondary N) is 2. The lowest BCUT2D eigenvalue weighted by Crippen LogP contribution is -2.43. The molecule has 110 valence electrons. The molecule has 2 amide bonds. The summed E-state index contributed by atoms with van der Waals surface area (Å²) >= 11 is 5.94. The Morgan fingerprint density at radius 2 is 2.05 bits per heavy atom. The molecule has 0 saturated heterocycles. The van der Waals surface area contributed by atoms with Crippen LogP contribution in [0.1, 0.15) is 18.5 Å². The Hall–Kier alpha value is -1.79. The summed E-state index contributed by atoms with van der Waals surface area (Å²) in [6.07, 6.45) is -0.163. The lowest BCUT2D eigenvalue weighted by atomic mass is 10.1. The van der Waals surface area contributed by atoms with Gasteiger partial charge in [0.25, 0.3) is 0 Å². The third-order valence-corrected chi connectivity index (χ3v) is 3.04. The van der Waals surface area contributed by atoms with Gasteiger partial charge in [0, 0.05) is 24.2 Å². The molecule has 0 saturated carbocycles. The van der Waals surface area contributed by atoms with Crippen molar-refractivity contribution in [1.29, 1.82) is 0 Å². The number of amides is 2. The fraction of sp³-hybridized carbons (Fsp3) is 0.385. The van der Waals surface area contributed by atoms with Crippen LogP contribution in [0.2, 0.25) is 5.02 Å². The molecule has 0 spiro atoms. The SMILES string of the molecule is COC(C)CNC(=O)N[C@@H](C(=O)O)c1ccccc1Cl. The highest BCUT2D eigenvalue weighted by Crippen LogP contribution is 2.22. The van der Waals surface area contributed by atoms with Crippen molar-refractivity contribution >= 4 is 23.6 Å². The molecule has 2 atom stereocenters. The predicted molar refractivity (Wildman–Crippen MR) is 74.8 cm³/mol. The van der Waals surface area contributed by atoms with Crippen molar-refractivity contribution in [3.8, 4) is 0 Å². The van der Waals surface area contributed by atoms with Crippen molar-refractivity contribution in [1.82, 2.24) is 10.6 Å². The van der Waals surface area contributed by atoms with E-state index in [2.05, 4.69) is 10.6 Å². The third kappa shape index (κ3) is 4.71. The minimum absolute atomic E-state index is 0.163. The molecule has 0 radical (unpaired) electrons. The molecule has 7 heteroatoms. The van der Waals surface area contributed by atoms with Crippen LogP contribution in [0.25, 0.3) is 0 Å². The first kappa shape index (κ1) is 16.3. The third-order valence-electron chi connectivity index (χ3n) is 2.69. The van der Waals surface area contributed by atoms with Gasteiger partial charge in [-0.2, -0.15) is 0 Å². The molecular formula is C13H17ClN2O4. The van der Waals surface area contributed by atoms with Gasteiger partial charge in [-0.3, -0.25) is 0 Å². The predicted octanol–water partition coefficient (Wildman–Crippen LogP) is 1.80. The summed E-state index contributed by atoms with van der Waals surface area (Å²) in [5, 5.41) is 14.4. The lowest BCUT2D eigenvalue weighted by Gasteiger charge is -2.17. The summed E-state index contributed by atoms with van der Waals surface area (Å²) in [4.78, 5) is 22.9. The molecule has 3 N–H and O–H groups in total. The number of carbonyl (C=O) groups excluding carboxylic acids is 1. The van der Waals surface area contributed by atoms with Gasteiger partial charge in [0.1, 0.15) is 0 Å². The van der Waals surface area contributed by atoms with Gasteiger partial charge in [-0.15, -0.1) is 0 Å². The second-order valence-corrected chi connectivity index (χ2v) is 4.60. The Labute approximate surface area is 122 Å². The van der Waals surface area contributed by atoms with Gasteiger partial charge in [0.15, 0.2) is 6.04 Å². The van der Waals surface area contributed by atoms with Crippen molar-refractivity contribution in [2.45, 2.75) is 19.1 Å².